The maximum absolute atomic E-state index is 5.50. The molecule has 110 valence electrons. The van der Waals surface area contributed by atoms with E-state index in [1.165, 1.54) is 37.7 Å². The summed E-state index contributed by atoms with van der Waals surface area (Å²) in [5.41, 5.74) is 1.32. The van der Waals surface area contributed by atoms with Crippen molar-refractivity contribution in [2.75, 3.05) is 0 Å². The van der Waals surface area contributed by atoms with Crippen LogP contribution in [-0.2, 0) is 0 Å². The zero-order valence-corrected chi connectivity index (χ0v) is 13.2. The minimum absolute atomic E-state index is 0.324. The van der Waals surface area contributed by atoms with Crippen molar-refractivity contribution in [1.29, 1.82) is 0 Å². The lowest BCUT2D eigenvalue weighted by Crippen LogP contribution is -2.44. The molecule has 0 radical (unpaired) electrons. The lowest BCUT2D eigenvalue weighted by atomic mass is 9.96. The fourth-order valence-corrected chi connectivity index (χ4v) is 3.24. The zero-order valence-electron chi connectivity index (χ0n) is 12.4. The average molecular weight is 290 g/mol. The van der Waals surface area contributed by atoms with E-state index in [4.69, 9.17) is 12.2 Å². The summed E-state index contributed by atoms with van der Waals surface area (Å²) in [6.07, 6.45) is 8.81. The Kier molecular flexibility index (Phi) is 6.31. The van der Waals surface area contributed by atoms with E-state index in [0.29, 0.717) is 12.1 Å². The van der Waals surface area contributed by atoms with E-state index in [2.05, 4.69) is 47.9 Å². The topological polar surface area (TPSA) is 24.1 Å². The van der Waals surface area contributed by atoms with Crippen molar-refractivity contribution >= 4 is 17.3 Å². The molecule has 0 spiro atoms. The Morgan fingerprint density at radius 3 is 2.55 bits per heavy atom. The molecule has 1 saturated carbocycles. The van der Waals surface area contributed by atoms with Crippen LogP contribution in [0.2, 0.25) is 0 Å². The molecule has 2 N–H and O–H groups in total. The van der Waals surface area contributed by atoms with Crippen LogP contribution in [-0.4, -0.2) is 11.2 Å². The van der Waals surface area contributed by atoms with Gasteiger partial charge >= 0.3 is 0 Å². The fourth-order valence-electron chi connectivity index (χ4n) is 2.93. The second-order valence-electron chi connectivity index (χ2n) is 5.70. The summed E-state index contributed by atoms with van der Waals surface area (Å²) in [7, 11) is 0. The predicted molar refractivity (Wildman–Crippen MR) is 89.8 cm³/mol. The average Bonchev–Trinajstić information content (AvgIpc) is 2.49. The lowest BCUT2D eigenvalue weighted by molar-refractivity contribution is 0.409. The van der Waals surface area contributed by atoms with Gasteiger partial charge in [0.05, 0.1) is 6.04 Å². The van der Waals surface area contributed by atoms with Crippen molar-refractivity contribution < 1.29 is 0 Å². The van der Waals surface area contributed by atoms with Gasteiger partial charge in [-0.25, -0.2) is 0 Å². The molecule has 2 rings (SSSR count). The molecular weight excluding hydrogens is 264 g/mol. The fraction of sp³-hybridized carbons (Fsp3) is 0.588. The molecule has 1 atom stereocenters. The standard InChI is InChI=1S/C17H26N2S/c1-2-9-16(14-10-5-3-6-11-14)19-17(20)18-15-12-7-4-8-13-15/h3,5-6,10-11,15-16H,2,4,7-9,12-13H2,1H3,(H2,18,19,20)/t16-/m1/s1. The van der Waals surface area contributed by atoms with Gasteiger partial charge < -0.3 is 10.6 Å². The van der Waals surface area contributed by atoms with Gasteiger partial charge in [0.2, 0.25) is 0 Å². The molecule has 1 aromatic carbocycles. The molecule has 1 aromatic rings. The first-order valence-electron chi connectivity index (χ1n) is 7.91. The molecular formula is C17H26N2S. The van der Waals surface area contributed by atoms with Gasteiger partial charge in [0.15, 0.2) is 5.11 Å². The molecule has 0 bridgehead atoms. The van der Waals surface area contributed by atoms with Crippen molar-refractivity contribution in [3.63, 3.8) is 0 Å². The van der Waals surface area contributed by atoms with Crippen molar-refractivity contribution in [2.24, 2.45) is 0 Å². The summed E-state index contributed by atoms with van der Waals surface area (Å²) in [5.74, 6) is 0. The molecule has 0 heterocycles. The van der Waals surface area contributed by atoms with E-state index >= 15 is 0 Å². The largest absolute Gasteiger partial charge is 0.360 e. The van der Waals surface area contributed by atoms with Crippen LogP contribution < -0.4 is 10.6 Å². The van der Waals surface area contributed by atoms with Crippen LogP contribution >= 0.6 is 12.2 Å². The Labute approximate surface area is 128 Å². The van der Waals surface area contributed by atoms with Gasteiger partial charge in [-0.05, 0) is 37.0 Å². The predicted octanol–water partition coefficient (Wildman–Crippen LogP) is 4.32. The van der Waals surface area contributed by atoms with Gasteiger partial charge in [-0.2, -0.15) is 0 Å². The van der Waals surface area contributed by atoms with Gasteiger partial charge in [0, 0.05) is 6.04 Å². The summed E-state index contributed by atoms with van der Waals surface area (Å²) in [5, 5.41) is 7.82. The van der Waals surface area contributed by atoms with E-state index in [0.717, 1.165) is 18.0 Å². The summed E-state index contributed by atoms with van der Waals surface area (Å²) in [6, 6.07) is 11.5. The van der Waals surface area contributed by atoms with E-state index in [-0.39, 0.29) is 0 Å². The highest BCUT2D eigenvalue weighted by molar-refractivity contribution is 7.80. The van der Waals surface area contributed by atoms with Crippen LogP contribution in [0.5, 0.6) is 0 Å². The van der Waals surface area contributed by atoms with E-state index in [1.807, 2.05) is 0 Å². The van der Waals surface area contributed by atoms with Crippen LogP contribution in [0.3, 0.4) is 0 Å². The van der Waals surface area contributed by atoms with E-state index in [1.54, 1.807) is 0 Å². The summed E-state index contributed by atoms with van der Waals surface area (Å²) >= 11 is 5.50. The number of benzene rings is 1. The Morgan fingerprint density at radius 1 is 1.20 bits per heavy atom. The molecule has 0 saturated heterocycles. The Balaban J connectivity index is 1.88. The molecule has 1 aliphatic carbocycles. The molecule has 2 nitrogen and oxygen atoms in total. The quantitative estimate of drug-likeness (QED) is 0.790. The molecule has 0 aromatic heterocycles. The minimum Gasteiger partial charge on any atom is -0.360 e. The van der Waals surface area contributed by atoms with Crippen LogP contribution in [0, 0.1) is 0 Å². The molecule has 1 aliphatic rings. The normalized spacial score (nSPS) is 17.4. The van der Waals surface area contributed by atoms with E-state index < -0.39 is 0 Å². The highest BCUT2D eigenvalue weighted by atomic mass is 32.1. The molecule has 0 unspecified atom stereocenters. The number of hydrogen-bond acceptors (Lipinski definition) is 1. The third kappa shape index (κ3) is 4.78. The first-order chi connectivity index (χ1) is 9.79. The first-order valence-corrected chi connectivity index (χ1v) is 8.32. The Morgan fingerprint density at radius 2 is 1.90 bits per heavy atom. The third-order valence-electron chi connectivity index (χ3n) is 4.03. The number of rotatable bonds is 5. The Hall–Kier alpha value is -1.09. The highest BCUT2D eigenvalue weighted by Gasteiger charge is 2.16. The SMILES string of the molecule is CCC[C@@H](NC(=S)NC1CCCCC1)c1ccccc1. The summed E-state index contributed by atoms with van der Waals surface area (Å²) in [6.45, 7) is 2.22. The second kappa shape index (κ2) is 8.25. The van der Waals surface area contributed by atoms with Crippen molar-refractivity contribution in [3.8, 4) is 0 Å². The minimum atomic E-state index is 0.324. The maximum Gasteiger partial charge on any atom is 0.166 e. The summed E-state index contributed by atoms with van der Waals surface area (Å²) in [4.78, 5) is 0. The first kappa shape index (κ1) is 15.3. The third-order valence-corrected chi connectivity index (χ3v) is 4.26. The van der Waals surface area contributed by atoms with Gasteiger partial charge in [-0.3, -0.25) is 0 Å². The van der Waals surface area contributed by atoms with Crippen LogP contribution in [0.1, 0.15) is 63.5 Å². The molecule has 1 fully saturated rings. The van der Waals surface area contributed by atoms with Gasteiger partial charge in [0.25, 0.3) is 0 Å². The van der Waals surface area contributed by atoms with Gasteiger partial charge in [-0.15, -0.1) is 0 Å². The number of thiocarbonyl (C=S) groups is 1. The lowest BCUT2D eigenvalue weighted by Gasteiger charge is -2.27. The highest BCUT2D eigenvalue weighted by Crippen LogP contribution is 2.19. The van der Waals surface area contributed by atoms with Crippen molar-refractivity contribution in [1.82, 2.24) is 10.6 Å². The monoisotopic (exact) mass is 290 g/mol. The van der Waals surface area contributed by atoms with Gasteiger partial charge in [-0.1, -0.05) is 62.9 Å². The molecule has 3 heteroatoms. The van der Waals surface area contributed by atoms with E-state index in [9.17, 15) is 0 Å². The molecule has 0 aliphatic heterocycles. The number of hydrogen-bond donors (Lipinski definition) is 2. The molecule has 20 heavy (non-hydrogen) atoms. The van der Waals surface area contributed by atoms with Crippen molar-refractivity contribution in [3.05, 3.63) is 35.9 Å². The van der Waals surface area contributed by atoms with Crippen LogP contribution in [0.15, 0.2) is 30.3 Å². The Bertz CT molecular complexity index is 399. The maximum atomic E-state index is 5.50. The summed E-state index contributed by atoms with van der Waals surface area (Å²) < 4.78 is 0. The molecule has 0 amide bonds. The van der Waals surface area contributed by atoms with Crippen molar-refractivity contribution in [2.45, 2.75) is 64.0 Å². The smallest absolute Gasteiger partial charge is 0.166 e. The van der Waals surface area contributed by atoms with Crippen LogP contribution in [0.25, 0.3) is 0 Å². The zero-order chi connectivity index (χ0) is 14.2. The second-order valence-corrected chi connectivity index (χ2v) is 6.11. The van der Waals surface area contributed by atoms with Gasteiger partial charge in [0.1, 0.15) is 0 Å². The van der Waals surface area contributed by atoms with Crippen LogP contribution in [0.4, 0.5) is 0 Å². The number of nitrogens with one attached hydrogen (secondary N) is 2.